The maximum Gasteiger partial charge on any atom is 0.133 e. The van der Waals surface area contributed by atoms with Gasteiger partial charge in [0.25, 0.3) is 0 Å². The average Bonchev–Trinajstić information content (AvgIpc) is 2.75. The molecule has 0 amide bonds. The lowest BCUT2D eigenvalue weighted by Gasteiger charge is -1.98. The van der Waals surface area contributed by atoms with Crippen molar-refractivity contribution in [1.82, 2.24) is 19.7 Å². The fraction of sp³-hybridized carbons (Fsp3) is 0.300. The van der Waals surface area contributed by atoms with Gasteiger partial charge < -0.3 is 4.74 Å². The molecule has 0 fully saturated rings. The van der Waals surface area contributed by atoms with Crippen LogP contribution in [0, 0.1) is 0 Å². The van der Waals surface area contributed by atoms with Crippen molar-refractivity contribution in [3.8, 4) is 11.3 Å². The molecule has 0 aliphatic carbocycles. The number of halogens is 1. The van der Waals surface area contributed by atoms with Crippen molar-refractivity contribution in [3.63, 3.8) is 0 Å². The Bertz CT molecular complexity index is 471. The first kappa shape index (κ1) is 11.0. The zero-order chi connectivity index (χ0) is 11.4. The summed E-state index contributed by atoms with van der Waals surface area (Å²) in [5, 5.41) is 4.62. The molecular formula is C10H11ClN4O. The third-order valence-corrected chi connectivity index (χ3v) is 2.29. The second-order valence-corrected chi connectivity index (χ2v) is 3.60. The summed E-state index contributed by atoms with van der Waals surface area (Å²) in [4.78, 5) is 7.95. The van der Waals surface area contributed by atoms with Crippen molar-refractivity contribution in [3.05, 3.63) is 29.9 Å². The highest BCUT2D eigenvalue weighted by atomic mass is 35.5. The lowest BCUT2D eigenvalue weighted by Crippen LogP contribution is -2.03. The highest BCUT2D eigenvalue weighted by Crippen LogP contribution is 2.17. The topological polar surface area (TPSA) is 52.8 Å². The first-order chi connectivity index (χ1) is 7.79. The summed E-state index contributed by atoms with van der Waals surface area (Å²) in [6.07, 6.45) is 5.08. The Kier molecular flexibility index (Phi) is 3.48. The molecule has 16 heavy (non-hydrogen) atoms. The van der Waals surface area contributed by atoms with E-state index in [2.05, 4.69) is 15.1 Å². The second kappa shape index (κ2) is 5.05. The molecule has 0 radical (unpaired) electrons. The van der Waals surface area contributed by atoms with Gasteiger partial charge in [-0.05, 0) is 0 Å². The molecular weight excluding hydrogens is 228 g/mol. The molecule has 0 saturated heterocycles. The van der Waals surface area contributed by atoms with E-state index < -0.39 is 0 Å². The summed E-state index contributed by atoms with van der Waals surface area (Å²) in [6.45, 7) is 1.35. The predicted molar refractivity (Wildman–Crippen MR) is 60.1 cm³/mol. The zero-order valence-electron chi connectivity index (χ0n) is 8.80. The van der Waals surface area contributed by atoms with E-state index in [-0.39, 0.29) is 0 Å². The van der Waals surface area contributed by atoms with E-state index in [0.717, 1.165) is 17.8 Å². The minimum atomic E-state index is 0.426. The normalized spacial score (nSPS) is 10.6. The summed E-state index contributed by atoms with van der Waals surface area (Å²) >= 11 is 5.79. The molecule has 2 heterocycles. The van der Waals surface area contributed by atoms with Gasteiger partial charge in [0.15, 0.2) is 0 Å². The minimum absolute atomic E-state index is 0.426. The van der Waals surface area contributed by atoms with Gasteiger partial charge >= 0.3 is 0 Å². The number of rotatable bonds is 4. The van der Waals surface area contributed by atoms with Crippen LogP contribution in [0.15, 0.2) is 24.8 Å². The number of aromatic nitrogens is 4. The summed E-state index contributed by atoms with van der Waals surface area (Å²) in [7, 11) is 1.66. The molecule has 0 bridgehead atoms. The molecule has 0 unspecified atom stereocenters. The summed E-state index contributed by atoms with van der Waals surface area (Å²) < 4.78 is 6.77. The Morgan fingerprint density at radius 2 is 2.31 bits per heavy atom. The molecule has 84 valence electrons. The van der Waals surface area contributed by atoms with Crippen molar-refractivity contribution >= 4 is 11.6 Å². The van der Waals surface area contributed by atoms with Crippen LogP contribution in [0.25, 0.3) is 11.3 Å². The SMILES string of the molecule is COCCn1cc(-c2cc(Cl)ncn2)cn1. The van der Waals surface area contributed by atoms with Gasteiger partial charge in [0, 0.05) is 24.9 Å². The van der Waals surface area contributed by atoms with Gasteiger partial charge in [-0.1, -0.05) is 11.6 Å². The van der Waals surface area contributed by atoms with E-state index in [9.17, 15) is 0 Å². The molecule has 0 aliphatic rings. The van der Waals surface area contributed by atoms with Crippen LogP contribution in [0.3, 0.4) is 0 Å². The van der Waals surface area contributed by atoms with Crippen LogP contribution < -0.4 is 0 Å². The van der Waals surface area contributed by atoms with Crippen molar-refractivity contribution < 1.29 is 4.74 Å². The first-order valence-electron chi connectivity index (χ1n) is 4.79. The van der Waals surface area contributed by atoms with E-state index >= 15 is 0 Å². The van der Waals surface area contributed by atoms with E-state index in [4.69, 9.17) is 16.3 Å². The van der Waals surface area contributed by atoms with Crippen LogP contribution in [-0.2, 0) is 11.3 Å². The van der Waals surface area contributed by atoms with Gasteiger partial charge in [0.05, 0.1) is 25.0 Å². The highest BCUT2D eigenvalue weighted by Gasteiger charge is 2.03. The van der Waals surface area contributed by atoms with Crippen molar-refractivity contribution in [2.75, 3.05) is 13.7 Å². The van der Waals surface area contributed by atoms with Gasteiger partial charge in [-0.2, -0.15) is 5.10 Å². The molecule has 0 aromatic carbocycles. The Hall–Kier alpha value is -1.46. The number of methoxy groups -OCH3 is 1. The summed E-state index contributed by atoms with van der Waals surface area (Å²) in [5.41, 5.74) is 1.68. The quantitative estimate of drug-likeness (QED) is 0.760. The van der Waals surface area contributed by atoms with Gasteiger partial charge in [-0.25, -0.2) is 9.97 Å². The van der Waals surface area contributed by atoms with E-state index in [1.807, 2.05) is 6.20 Å². The highest BCUT2D eigenvalue weighted by molar-refractivity contribution is 6.29. The largest absolute Gasteiger partial charge is 0.383 e. The smallest absolute Gasteiger partial charge is 0.133 e. The summed E-state index contributed by atoms with van der Waals surface area (Å²) in [5.74, 6) is 0. The molecule has 6 heteroatoms. The van der Waals surface area contributed by atoms with Crippen molar-refractivity contribution in [1.29, 1.82) is 0 Å². The maximum atomic E-state index is 5.79. The Morgan fingerprint density at radius 1 is 1.44 bits per heavy atom. The number of nitrogens with zero attached hydrogens (tertiary/aromatic N) is 4. The minimum Gasteiger partial charge on any atom is -0.383 e. The second-order valence-electron chi connectivity index (χ2n) is 3.21. The molecule has 2 aromatic heterocycles. The third kappa shape index (κ3) is 2.56. The Labute approximate surface area is 98.0 Å². The maximum absolute atomic E-state index is 5.79. The van der Waals surface area contributed by atoms with Gasteiger partial charge in [0.1, 0.15) is 11.5 Å². The molecule has 0 atom stereocenters. The molecule has 0 aliphatic heterocycles. The fourth-order valence-corrected chi connectivity index (χ4v) is 1.44. The lowest BCUT2D eigenvalue weighted by molar-refractivity contribution is 0.183. The summed E-state index contributed by atoms with van der Waals surface area (Å²) in [6, 6.07) is 1.71. The van der Waals surface area contributed by atoms with Crippen molar-refractivity contribution in [2.24, 2.45) is 0 Å². The van der Waals surface area contributed by atoms with Crippen LogP contribution >= 0.6 is 11.6 Å². The van der Waals surface area contributed by atoms with E-state index in [1.54, 1.807) is 24.1 Å². The predicted octanol–water partition coefficient (Wildman–Crippen LogP) is 1.64. The lowest BCUT2D eigenvalue weighted by atomic mass is 10.2. The fourth-order valence-electron chi connectivity index (χ4n) is 1.29. The number of hydrogen-bond donors (Lipinski definition) is 0. The van der Waals surface area contributed by atoms with Gasteiger partial charge in [-0.15, -0.1) is 0 Å². The molecule has 2 aromatic rings. The number of hydrogen-bond acceptors (Lipinski definition) is 4. The zero-order valence-corrected chi connectivity index (χ0v) is 9.55. The van der Waals surface area contributed by atoms with Crippen LogP contribution in [0.2, 0.25) is 5.15 Å². The van der Waals surface area contributed by atoms with Crippen molar-refractivity contribution in [2.45, 2.75) is 6.54 Å². The van der Waals surface area contributed by atoms with Crippen LogP contribution in [0.5, 0.6) is 0 Å². The van der Waals surface area contributed by atoms with E-state index in [1.165, 1.54) is 6.33 Å². The molecule has 0 N–H and O–H groups in total. The first-order valence-corrected chi connectivity index (χ1v) is 5.16. The molecule has 0 saturated carbocycles. The van der Waals surface area contributed by atoms with Crippen LogP contribution in [0.1, 0.15) is 0 Å². The van der Waals surface area contributed by atoms with Crippen LogP contribution in [-0.4, -0.2) is 33.5 Å². The Morgan fingerprint density at radius 3 is 3.06 bits per heavy atom. The van der Waals surface area contributed by atoms with Gasteiger partial charge in [0.2, 0.25) is 0 Å². The number of ether oxygens (including phenoxy) is 1. The third-order valence-electron chi connectivity index (χ3n) is 2.09. The van der Waals surface area contributed by atoms with Crippen LogP contribution in [0.4, 0.5) is 0 Å². The standard InChI is InChI=1S/C10H11ClN4O/c1-16-3-2-15-6-8(5-14-15)9-4-10(11)13-7-12-9/h4-7H,2-3H2,1H3. The average molecular weight is 239 g/mol. The molecule has 2 rings (SSSR count). The van der Waals surface area contributed by atoms with E-state index in [0.29, 0.717) is 11.8 Å². The molecule has 0 spiro atoms. The molecule has 5 nitrogen and oxygen atoms in total. The monoisotopic (exact) mass is 238 g/mol. The van der Waals surface area contributed by atoms with Gasteiger partial charge in [-0.3, -0.25) is 4.68 Å². The Balaban J connectivity index is 2.18.